The number of piperazine rings is 1. The second kappa shape index (κ2) is 9.74. The Morgan fingerprint density at radius 1 is 1.03 bits per heavy atom. The Morgan fingerprint density at radius 2 is 1.71 bits per heavy atom. The Morgan fingerprint density at radius 3 is 2.40 bits per heavy atom. The van der Waals surface area contributed by atoms with Gasteiger partial charge in [0.25, 0.3) is 11.5 Å². The van der Waals surface area contributed by atoms with Crippen molar-refractivity contribution < 1.29 is 18.7 Å². The van der Waals surface area contributed by atoms with Crippen LogP contribution in [0.4, 0.5) is 10.1 Å². The molecule has 2 aliphatic heterocycles. The van der Waals surface area contributed by atoms with Crippen molar-refractivity contribution in [1.29, 1.82) is 0 Å². The number of morpholine rings is 1. The molecule has 0 atom stereocenters. The number of aryl methyl sites for hydroxylation is 1. The Kier molecular flexibility index (Phi) is 6.52. The summed E-state index contributed by atoms with van der Waals surface area (Å²) in [6, 6.07) is 6.34. The van der Waals surface area contributed by atoms with Crippen LogP contribution in [0.25, 0.3) is 10.2 Å². The number of carbonyl (C=O) groups is 2. The molecule has 2 saturated heterocycles. The summed E-state index contributed by atoms with van der Waals surface area (Å²) < 4.78 is 19.8. The minimum absolute atomic E-state index is 0.0916. The molecule has 0 spiro atoms. The van der Waals surface area contributed by atoms with Crippen LogP contribution in [-0.2, 0) is 16.1 Å². The first-order chi connectivity index (χ1) is 16.9. The fraction of sp³-hybridized carbons (Fsp3) is 0.417. The van der Waals surface area contributed by atoms with Crippen LogP contribution < -0.4 is 10.5 Å². The highest BCUT2D eigenvalue weighted by Gasteiger charge is 2.27. The number of rotatable bonds is 4. The van der Waals surface area contributed by atoms with Crippen LogP contribution in [0, 0.1) is 12.7 Å². The van der Waals surface area contributed by atoms with Gasteiger partial charge in [0.2, 0.25) is 5.91 Å². The lowest BCUT2D eigenvalue weighted by molar-refractivity contribution is -0.135. The topological polar surface area (TPSA) is 88.0 Å². The molecular formula is C24H26FN5O4S. The number of ether oxygens (including phenoxy) is 1. The van der Waals surface area contributed by atoms with Gasteiger partial charge in [-0.1, -0.05) is 0 Å². The Labute approximate surface area is 205 Å². The third-order valence-corrected chi connectivity index (χ3v) is 7.73. The summed E-state index contributed by atoms with van der Waals surface area (Å²) in [7, 11) is 0. The van der Waals surface area contributed by atoms with Gasteiger partial charge in [0, 0.05) is 45.0 Å². The molecule has 0 aliphatic carbocycles. The first-order valence-electron chi connectivity index (χ1n) is 11.6. The van der Waals surface area contributed by atoms with E-state index < -0.39 is 0 Å². The zero-order valence-electron chi connectivity index (χ0n) is 19.4. The quantitative estimate of drug-likeness (QED) is 0.543. The fourth-order valence-corrected chi connectivity index (χ4v) is 5.60. The summed E-state index contributed by atoms with van der Waals surface area (Å²) in [5.41, 5.74) is 1.21. The third kappa shape index (κ3) is 4.65. The first-order valence-corrected chi connectivity index (χ1v) is 12.4. The zero-order valence-corrected chi connectivity index (χ0v) is 20.2. The number of fused-ring (bicyclic) bond motifs is 1. The molecule has 5 rings (SSSR count). The van der Waals surface area contributed by atoms with E-state index in [0.717, 1.165) is 5.69 Å². The molecule has 0 saturated carbocycles. The second-order valence-corrected chi connectivity index (χ2v) is 9.66. The minimum Gasteiger partial charge on any atom is -0.378 e. The Bertz CT molecular complexity index is 1310. The van der Waals surface area contributed by atoms with Gasteiger partial charge < -0.3 is 19.4 Å². The summed E-state index contributed by atoms with van der Waals surface area (Å²) in [5, 5.41) is 0.389. The number of amides is 2. The minimum atomic E-state index is -0.314. The number of thiophene rings is 1. The van der Waals surface area contributed by atoms with E-state index >= 15 is 0 Å². The number of halogens is 1. The third-order valence-electron chi connectivity index (χ3n) is 6.54. The SMILES string of the molecule is Cc1c(C(=O)N2CCN(c3ccc(F)cc3)CC2)sc2ncn(CC(=O)N3CCOCC3)c(=O)c12. The molecule has 1 aromatic carbocycles. The van der Waals surface area contributed by atoms with E-state index in [1.165, 1.54) is 34.4 Å². The highest BCUT2D eigenvalue weighted by Crippen LogP contribution is 2.28. The molecular weight excluding hydrogens is 473 g/mol. The van der Waals surface area contributed by atoms with Gasteiger partial charge in [-0.3, -0.25) is 19.0 Å². The van der Waals surface area contributed by atoms with E-state index in [-0.39, 0.29) is 29.7 Å². The average molecular weight is 500 g/mol. The molecule has 4 heterocycles. The lowest BCUT2D eigenvalue weighted by atomic mass is 10.2. The lowest BCUT2D eigenvalue weighted by Gasteiger charge is -2.36. The van der Waals surface area contributed by atoms with Crippen molar-refractivity contribution in [2.45, 2.75) is 13.5 Å². The number of benzene rings is 1. The summed E-state index contributed by atoms with van der Waals surface area (Å²) in [4.78, 5) is 50.1. The van der Waals surface area contributed by atoms with Crippen LogP contribution in [0.3, 0.4) is 0 Å². The van der Waals surface area contributed by atoms with Gasteiger partial charge in [0.1, 0.15) is 17.2 Å². The van der Waals surface area contributed by atoms with Gasteiger partial charge in [0.05, 0.1) is 29.8 Å². The molecule has 11 heteroatoms. The molecule has 0 N–H and O–H groups in total. The average Bonchev–Trinajstić information content (AvgIpc) is 3.23. The predicted octanol–water partition coefficient (Wildman–Crippen LogP) is 1.73. The van der Waals surface area contributed by atoms with Crippen molar-refractivity contribution in [3.05, 3.63) is 57.2 Å². The molecule has 35 heavy (non-hydrogen) atoms. The second-order valence-electron chi connectivity index (χ2n) is 8.66. The monoisotopic (exact) mass is 499 g/mol. The van der Waals surface area contributed by atoms with Gasteiger partial charge >= 0.3 is 0 Å². The van der Waals surface area contributed by atoms with Crippen molar-refractivity contribution in [3.63, 3.8) is 0 Å². The van der Waals surface area contributed by atoms with Gasteiger partial charge in [-0.15, -0.1) is 11.3 Å². The zero-order chi connectivity index (χ0) is 24.5. The normalized spacial score (nSPS) is 16.7. The Hall–Kier alpha value is -3.31. The number of anilines is 1. The number of nitrogens with zero attached hydrogens (tertiary/aromatic N) is 5. The highest BCUT2D eigenvalue weighted by atomic mass is 32.1. The van der Waals surface area contributed by atoms with E-state index in [2.05, 4.69) is 9.88 Å². The van der Waals surface area contributed by atoms with E-state index in [9.17, 15) is 18.8 Å². The number of hydrogen-bond acceptors (Lipinski definition) is 7. The maximum Gasteiger partial charge on any atom is 0.264 e. The van der Waals surface area contributed by atoms with Gasteiger partial charge in [-0.2, -0.15) is 0 Å². The standard InChI is InChI=1S/C24H26FN5O4S/c1-16-20-22(26-15-30(23(20)32)14-19(31)28-10-12-34-13-11-28)35-21(16)24(33)29-8-6-27(7-9-29)18-4-2-17(25)3-5-18/h2-5,15H,6-14H2,1H3. The molecule has 184 valence electrons. The van der Waals surface area contributed by atoms with Crippen LogP contribution in [0.5, 0.6) is 0 Å². The van der Waals surface area contributed by atoms with Gasteiger partial charge in [-0.25, -0.2) is 9.37 Å². The van der Waals surface area contributed by atoms with Crippen LogP contribution in [-0.4, -0.2) is 83.6 Å². The largest absolute Gasteiger partial charge is 0.378 e. The lowest BCUT2D eigenvalue weighted by Crippen LogP contribution is -2.48. The van der Waals surface area contributed by atoms with Crippen molar-refractivity contribution >= 4 is 39.1 Å². The molecule has 2 amide bonds. The van der Waals surface area contributed by atoms with Crippen molar-refractivity contribution in [3.8, 4) is 0 Å². The first kappa shape index (κ1) is 23.4. The Balaban J connectivity index is 1.31. The van der Waals surface area contributed by atoms with E-state index in [1.807, 2.05) is 0 Å². The molecule has 2 fully saturated rings. The maximum absolute atomic E-state index is 13.3. The van der Waals surface area contributed by atoms with E-state index in [4.69, 9.17) is 4.74 Å². The van der Waals surface area contributed by atoms with E-state index in [0.29, 0.717) is 73.1 Å². The molecule has 9 nitrogen and oxygen atoms in total. The summed E-state index contributed by atoms with van der Waals surface area (Å²) in [6.45, 7) is 5.99. The van der Waals surface area contributed by atoms with Crippen molar-refractivity contribution in [2.75, 3.05) is 57.4 Å². The predicted molar refractivity (Wildman–Crippen MR) is 131 cm³/mol. The van der Waals surface area contributed by atoms with E-state index in [1.54, 1.807) is 28.9 Å². The summed E-state index contributed by atoms with van der Waals surface area (Å²) in [6.07, 6.45) is 1.38. The molecule has 3 aromatic rings. The molecule has 0 unspecified atom stereocenters. The van der Waals surface area contributed by atoms with Crippen molar-refractivity contribution in [2.24, 2.45) is 0 Å². The number of carbonyl (C=O) groups excluding carboxylic acids is 2. The van der Waals surface area contributed by atoms with Gasteiger partial charge in [-0.05, 0) is 36.8 Å². The van der Waals surface area contributed by atoms with Crippen LogP contribution in [0.1, 0.15) is 15.2 Å². The molecule has 2 aromatic heterocycles. The summed E-state index contributed by atoms with van der Waals surface area (Å²) >= 11 is 1.21. The highest BCUT2D eigenvalue weighted by molar-refractivity contribution is 7.20. The fourth-order valence-electron chi connectivity index (χ4n) is 4.50. The smallest absolute Gasteiger partial charge is 0.264 e. The molecule has 0 bridgehead atoms. The number of aromatic nitrogens is 2. The number of hydrogen-bond donors (Lipinski definition) is 0. The maximum atomic E-state index is 13.3. The van der Waals surface area contributed by atoms with Crippen LogP contribution in [0.15, 0.2) is 35.4 Å². The molecule has 2 aliphatic rings. The van der Waals surface area contributed by atoms with Crippen LogP contribution in [0.2, 0.25) is 0 Å². The molecule has 0 radical (unpaired) electrons. The summed E-state index contributed by atoms with van der Waals surface area (Å²) in [5.74, 6) is -0.555. The van der Waals surface area contributed by atoms with Crippen molar-refractivity contribution in [1.82, 2.24) is 19.4 Å². The van der Waals surface area contributed by atoms with Gasteiger partial charge in [0.15, 0.2) is 0 Å². The van der Waals surface area contributed by atoms with Crippen LogP contribution >= 0.6 is 11.3 Å².